The van der Waals surface area contributed by atoms with Gasteiger partial charge >= 0.3 is 5.97 Å². The first-order valence-corrected chi connectivity index (χ1v) is 7.97. The van der Waals surface area contributed by atoms with Crippen molar-refractivity contribution in [1.29, 1.82) is 0 Å². The molecule has 25 heavy (non-hydrogen) atoms. The second kappa shape index (κ2) is 5.97. The highest BCUT2D eigenvalue weighted by Gasteiger charge is 2.35. The number of rotatable bonds is 2. The van der Waals surface area contributed by atoms with Crippen LogP contribution < -0.4 is 5.32 Å². The number of halogens is 2. The summed E-state index contributed by atoms with van der Waals surface area (Å²) in [5.74, 6) is -2.27. The van der Waals surface area contributed by atoms with Crippen LogP contribution in [0, 0.1) is 11.6 Å². The van der Waals surface area contributed by atoms with Gasteiger partial charge in [-0.05, 0) is 17.7 Å². The number of nitrogens with one attached hydrogen (secondary N) is 2. The number of carbonyl (C=O) groups is 1. The maximum Gasteiger partial charge on any atom is 0.323 e. The number of hydrogen-bond donors (Lipinski definition) is 2. The van der Waals surface area contributed by atoms with Crippen molar-refractivity contribution in [3.8, 4) is 0 Å². The zero-order valence-electron chi connectivity index (χ0n) is 13.5. The Bertz CT molecular complexity index is 967. The van der Waals surface area contributed by atoms with Crippen LogP contribution in [0.2, 0.25) is 0 Å². The van der Waals surface area contributed by atoms with Crippen molar-refractivity contribution in [2.45, 2.75) is 18.5 Å². The minimum absolute atomic E-state index is 0.154. The molecule has 0 saturated heterocycles. The minimum atomic E-state index is -0.921. The van der Waals surface area contributed by atoms with E-state index in [0.717, 1.165) is 28.2 Å². The van der Waals surface area contributed by atoms with E-state index in [0.29, 0.717) is 6.42 Å². The average molecular weight is 342 g/mol. The Hall–Kier alpha value is -2.73. The first-order chi connectivity index (χ1) is 12.1. The number of aromatic nitrogens is 1. The van der Waals surface area contributed by atoms with Gasteiger partial charge in [-0.2, -0.15) is 0 Å². The molecule has 0 amide bonds. The van der Waals surface area contributed by atoms with Gasteiger partial charge in [0.1, 0.15) is 6.04 Å². The van der Waals surface area contributed by atoms with Gasteiger partial charge in [0, 0.05) is 28.6 Å². The van der Waals surface area contributed by atoms with Crippen LogP contribution in [-0.4, -0.2) is 24.1 Å². The SMILES string of the molecule is COC(=O)[C@@H]1Cc2c([nH]c3ccccc23)[C@@H](c2cccc(F)c2F)N1. The molecule has 2 aromatic carbocycles. The molecule has 1 aromatic heterocycles. The average Bonchev–Trinajstić information content (AvgIpc) is 3.01. The van der Waals surface area contributed by atoms with Crippen molar-refractivity contribution in [1.82, 2.24) is 10.3 Å². The summed E-state index contributed by atoms with van der Waals surface area (Å²) in [5.41, 5.74) is 2.70. The van der Waals surface area contributed by atoms with Gasteiger partial charge in [-0.25, -0.2) is 8.78 Å². The second-order valence-corrected chi connectivity index (χ2v) is 6.09. The van der Waals surface area contributed by atoms with Crippen molar-refractivity contribution in [2.75, 3.05) is 7.11 Å². The molecule has 6 heteroatoms. The Morgan fingerprint density at radius 2 is 1.96 bits per heavy atom. The molecule has 2 heterocycles. The largest absolute Gasteiger partial charge is 0.468 e. The van der Waals surface area contributed by atoms with Crippen LogP contribution in [0.5, 0.6) is 0 Å². The Kier molecular flexibility index (Phi) is 3.77. The molecule has 0 unspecified atom stereocenters. The van der Waals surface area contributed by atoms with E-state index in [4.69, 9.17) is 4.74 Å². The van der Waals surface area contributed by atoms with Gasteiger partial charge in [0.25, 0.3) is 0 Å². The van der Waals surface area contributed by atoms with Crippen LogP contribution in [0.25, 0.3) is 10.9 Å². The normalized spacial score (nSPS) is 19.6. The van der Waals surface area contributed by atoms with E-state index < -0.39 is 29.7 Å². The fourth-order valence-corrected chi connectivity index (χ4v) is 3.52. The zero-order valence-corrected chi connectivity index (χ0v) is 13.5. The van der Waals surface area contributed by atoms with Gasteiger partial charge in [0.2, 0.25) is 0 Å². The van der Waals surface area contributed by atoms with Gasteiger partial charge in [0.05, 0.1) is 13.2 Å². The second-order valence-electron chi connectivity index (χ2n) is 6.09. The number of fused-ring (bicyclic) bond motifs is 3. The van der Waals surface area contributed by atoms with Crippen LogP contribution >= 0.6 is 0 Å². The number of hydrogen-bond acceptors (Lipinski definition) is 3. The molecule has 0 radical (unpaired) electrons. The van der Waals surface area contributed by atoms with Gasteiger partial charge in [0.15, 0.2) is 11.6 Å². The summed E-state index contributed by atoms with van der Waals surface area (Å²) in [6.45, 7) is 0. The maximum absolute atomic E-state index is 14.4. The highest BCUT2D eigenvalue weighted by Crippen LogP contribution is 2.36. The molecule has 4 rings (SSSR count). The molecule has 128 valence electrons. The number of benzene rings is 2. The fraction of sp³-hybridized carbons (Fsp3) is 0.211. The summed E-state index contributed by atoms with van der Waals surface area (Å²) in [5, 5.41) is 4.06. The maximum atomic E-state index is 14.4. The van der Waals surface area contributed by atoms with E-state index in [1.807, 2.05) is 24.3 Å². The highest BCUT2D eigenvalue weighted by molar-refractivity contribution is 5.87. The smallest absolute Gasteiger partial charge is 0.323 e. The number of aromatic amines is 1. The Morgan fingerprint density at radius 3 is 2.76 bits per heavy atom. The lowest BCUT2D eigenvalue weighted by atomic mass is 9.90. The van der Waals surface area contributed by atoms with E-state index in [-0.39, 0.29) is 5.56 Å². The summed E-state index contributed by atoms with van der Waals surface area (Å²) in [7, 11) is 1.31. The molecule has 0 aliphatic carbocycles. The third-order valence-electron chi connectivity index (χ3n) is 4.69. The van der Waals surface area contributed by atoms with Gasteiger partial charge in [-0.15, -0.1) is 0 Å². The van der Waals surface area contributed by atoms with Crippen LogP contribution in [0.4, 0.5) is 8.78 Å². The molecule has 0 saturated carbocycles. The first-order valence-electron chi connectivity index (χ1n) is 7.97. The summed E-state index contributed by atoms with van der Waals surface area (Å²) >= 11 is 0. The standard InChI is InChI=1S/C19H16F2N2O2/c1-25-19(24)15-9-12-10-5-2-3-8-14(10)22-18(12)17(23-15)11-6-4-7-13(20)16(11)21/h2-8,15,17,22-23H,9H2,1H3/t15-,17+/m0/s1. The van der Waals surface area contributed by atoms with Gasteiger partial charge < -0.3 is 9.72 Å². The van der Waals surface area contributed by atoms with Gasteiger partial charge in [-0.1, -0.05) is 30.3 Å². The molecule has 2 atom stereocenters. The van der Waals surface area contributed by atoms with E-state index in [1.165, 1.54) is 19.2 Å². The lowest BCUT2D eigenvalue weighted by molar-refractivity contribution is -0.143. The predicted octanol–water partition coefficient (Wildman–Crippen LogP) is 3.22. The predicted molar refractivity (Wildman–Crippen MR) is 89.1 cm³/mol. The number of para-hydroxylation sites is 1. The van der Waals surface area contributed by atoms with Crippen molar-refractivity contribution in [3.05, 3.63) is 70.9 Å². The van der Waals surface area contributed by atoms with Gasteiger partial charge in [-0.3, -0.25) is 10.1 Å². The third kappa shape index (κ3) is 2.49. The number of carbonyl (C=O) groups excluding carboxylic acids is 1. The molecular weight excluding hydrogens is 326 g/mol. The number of H-pyrrole nitrogens is 1. The van der Waals surface area contributed by atoms with Crippen molar-refractivity contribution < 1.29 is 18.3 Å². The molecule has 4 nitrogen and oxygen atoms in total. The molecule has 0 bridgehead atoms. The molecule has 1 aliphatic rings. The van der Waals surface area contributed by atoms with Crippen molar-refractivity contribution >= 4 is 16.9 Å². The topological polar surface area (TPSA) is 54.1 Å². The third-order valence-corrected chi connectivity index (χ3v) is 4.69. The lowest BCUT2D eigenvalue weighted by Crippen LogP contribution is -2.45. The van der Waals surface area contributed by atoms with Crippen LogP contribution in [0.3, 0.4) is 0 Å². The first kappa shape index (κ1) is 15.8. The fourth-order valence-electron chi connectivity index (χ4n) is 3.52. The molecule has 2 N–H and O–H groups in total. The Balaban J connectivity index is 1.92. The summed E-state index contributed by atoms with van der Waals surface area (Å²) in [4.78, 5) is 15.4. The minimum Gasteiger partial charge on any atom is -0.468 e. The Morgan fingerprint density at radius 1 is 1.16 bits per heavy atom. The quantitative estimate of drug-likeness (QED) is 0.703. The number of esters is 1. The van der Waals surface area contributed by atoms with Crippen LogP contribution in [0.1, 0.15) is 22.9 Å². The lowest BCUT2D eigenvalue weighted by Gasteiger charge is -2.30. The van der Waals surface area contributed by atoms with E-state index in [1.54, 1.807) is 0 Å². The summed E-state index contributed by atoms with van der Waals surface area (Å²) in [6, 6.07) is 10.4. The molecule has 1 aliphatic heterocycles. The zero-order chi connectivity index (χ0) is 17.6. The van der Waals surface area contributed by atoms with Crippen LogP contribution in [0.15, 0.2) is 42.5 Å². The monoisotopic (exact) mass is 342 g/mol. The summed E-state index contributed by atoms with van der Waals surface area (Å²) in [6.07, 6.45) is 0.416. The Labute approximate surface area is 142 Å². The number of ether oxygens (including phenoxy) is 1. The molecule has 0 fully saturated rings. The highest BCUT2D eigenvalue weighted by atomic mass is 19.2. The van der Waals surface area contributed by atoms with E-state index >= 15 is 0 Å². The summed E-state index contributed by atoms with van der Waals surface area (Å²) < 4.78 is 33.0. The van der Waals surface area contributed by atoms with Crippen LogP contribution in [-0.2, 0) is 16.0 Å². The van der Waals surface area contributed by atoms with E-state index in [2.05, 4.69) is 10.3 Å². The molecule has 3 aromatic rings. The van der Waals surface area contributed by atoms with Crippen molar-refractivity contribution in [3.63, 3.8) is 0 Å². The van der Waals surface area contributed by atoms with Crippen molar-refractivity contribution in [2.24, 2.45) is 0 Å². The molecule has 0 spiro atoms. The molecular formula is C19H16F2N2O2. The van der Waals surface area contributed by atoms with E-state index in [9.17, 15) is 13.6 Å². The number of methoxy groups -OCH3 is 1.